The number of hydrogen-bond donors (Lipinski definition) is 2. The molecule has 1 atom stereocenters. The van der Waals surface area contributed by atoms with Gasteiger partial charge in [0.25, 0.3) is 0 Å². The highest BCUT2D eigenvalue weighted by molar-refractivity contribution is 5.86. The molecule has 0 radical (unpaired) electrons. The van der Waals surface area contributed by atoms with Crippen LogP contribution in [0.5, 0.6) is 5.88 Å². The Morgan fingerprint density at radius 2 is 2.50 bits per heavy atom. The van der Waals surface area contributed by atoms with Crippen LogP contribution in [0.2, 0.25) is 0 Å². The van der Waals surface area contributed by atoms with Crippen molar-refractivity contribution < 1.29 is 9.53 Å². The van der Waals surface area contributed by atoms with Crippen molar-refractivity contribution in [2.45, 2.75) is 31.8 Å². The molecule has 2 rings (SSSR count). The van der Waals surface area contributed by atoms with E-state index >= 15 is 0 Å². The molecule has 1 amide bonds. The minimum Gasteiger partial charge on any atom is -0.481 e. The summed E-state index contributed by atoms with van der Waals surface area (Å²) in [5.74, 6) is 0.614. The SMILES string of the molecule is COc1cc(CNC(=O)C2(C)CCCN2)ccn1. The summed E-state index contributed by atoms with van der Waals surface area (Å²) in [6, 6.07) is 3.69. The monoisotopic (exact) mass is 249 g/mol. The van der Waals surface area contributed by atoms with Gasteiger partial charge in [0.2, 0.25) is 11.8 Å². The van der Waals surface area contributed by atoms with Crippen molar-refractivity contribution in [1.82, 2.24) is 15.6 Å². The number of hydrogen-bond acceptors (Lipinski definition) is 4. The Morgan fingerprint density at radius 1 is 1.67 bits per heavy atom. The van der Waals surface area contributed by atoms with Gasteiger partial charge in [-0.25, -0.2) is 4.98 Å². The Morgan fingerprint density at radius 3 is 3.17 bits per heavy atom. The van der Waals surface area contributed by atoms with Gasteiger partial charge in [0, 0.05) is 18.8 Å². The van der Waals surface area contributed by atoms with E-state index in [2.05, 4.69) is 15.6 Å². The Labute approximate surface area is 107 Å². The molecule has 5 nitrogen and oxygen atoms in total. The summed E-state index contributed by atoms with van der Waals surface area (Å²) in [4.78, 5) is 16.1. The summed E-state index contributed by atoms with van der Waals surface area (Å²) in [7, 11) is 1.58. The molecule has 1 aliphatic heterocycles. The molecule has 5 heteroatoms. The van der Waals surface area contributed by atoms with Gasteiger partial charge in [0.15, 0.2) is 0 Å². The number of aromatic nitrogens is 1. The lowest BCUT2D eigenvalue weighted by Crippen LogP contribution is -2.50. The van der Waals surface area contributed by atoms with Crippen LogP contribution < -0.4 is 15.4 Å². The predicted octanol–water partition coefficient (Wildman–Crippen LogP) is 0.848. The molecule has 0 saturated carbocycles. The maximum absolute atomic E-state index is 12.1. The Hall–Kier alpha value is -1.62. The zero-order valence-corrected chi connectivity index (χ0v) is 10.8. The number of pyridine rings is 1. The number of carbonyl (C=O) groups excluding carboxylic acids is 1. The lowest BCUT2D eigenvalue weighted by atomic mass is 9.99. The fourth-order valence-electron chi connectivity index (χ4n) is 2.14. The highest BCUT2D eigenvalue weighted by atomic mass is 16.5. The third kappa shape index (κ3) is 2.79. The predicted molar refractivity (Wildman–Crippen MR) is 68.3 cm³/mol. The van der Waals surface area contributed by atoms with Crippen LogP contribution in [0.3, 0.4) is 0 Å². The van der Waals surface area contributed by atoms with E-state index in [1.54, 1.807) is 13.3 Å². The van der Waals surface area contributed by atoms with E-state index in [4.69, 9.17) is 4.74 Å². The van der Waals surface area contributed by atoms with E-state index in [9.17, 15) is 4.79 Å². The molecule has 98 valence electrons. The van der Waals surface area contributed by atoms with Gasteiger partial charge in [-0.3, -0.25) is 4.79 Å². The van der Waals surface area contributed by atoms with Gasteiger partial charge in [-0.05, 0) is 37.9 Å². The molecule has 1 fully saturated rings. The largest absolute Gasteiger partial charge is 0.481 e. The first-order chi connectivity index (χ1) is 8.64. The van der Waals surface area contributed by atoms with Gasteiger partial charge in [-0.2, -0.15) is 0 Å². The molecule has 0 aliphatic carbocycles. The molecule has 2 N–H and O–H groups in total. The van der Waals surface area contributed by atoms with Crippen molar-refractivity contribution in [1.29, 1.82) is 0 Å². The molecular formula is C13H19N3O2. The van der Waals surface area contributed by atoms with Gasteiger partial charge in [-0.1, -0.05) is 0 Å². The fourth-order valence-corrected chi connectivity index (χ4v) is 2.14. The molecule has 1 aliphatic rings. The van der Waals surface area contributed by atoms with Crippen LogP contribution in [0.4, 0.5) is 0 Å². The fraction of sp³-hybridized carbons (Fsp3) is 0.538. The number of ether oxygens (including phenoxy) is 1. The molecule has 0 spiro atoms. The molecule has 1 unspecified atom stereocenters. The normalized spacial score (nSPS) is 22.8. The van der Waals surface area contributed by atoms with Crippen LogP contribution in [0.15, 0.2) is 18.3 Å². The van der Waals surface area contributed by atoms with Crippen LogP contribution in [-0.4, -0.2) is 30.1 Å². The van der Waals surface area contributed by atoms with Crippen molar-refractivity contribution in [3.63, 3.8) is 0 Å². The van der Waals surface area contributed by atoms with E-state index in [-0.39, 0.29) is 5.91 Å². The molecule has 18 heavy (non-hydrogen) atoms. The topological polar surface area (TPSA) is 63.2 Å². The van der Waals surface area contributed by atoms with E-state index in [0.717, 1.165) is 24.9 Å². The highest BCUT2D eigenvalue weighted by Gasteiger charge is 2.35. The van der Waals surface area contributed by atoms with Gasteiger partial charge in [0.1, 0.15) is 0 Å². The summed E-state index contributed by atoms with van der Waals surface area (Å²) in [5, 5.41) is 6.19. The first-order valence-electron chi connectivity index (χ1n) is 6.16. The lowest BCUT2D eigenvalue weighted by molar-refractivity contribution is -0.126. The number of rotatable bonds is 4. The minimum absolute atomic E-state index is 0.0516. The number of nitrogens with zero attached hydrogens (tertiary/aromatic N) is 1. The summed E-state index contributed by atoms with van der Waals surface area (Å²) >= 11 is 0. The summed E-state index contributed by atoms with van der Waals surface area (Å²) in [5.41, 5.74) is 0.564. The van der Waals surface area contributed by atoms with Crippen molar-refractivity contribution >= 4 is 5.91 Å². The van der Waals surface area contributed by atoms with Crippen molar-refractivity contribution in [3.8, 4) is 5.88 Å². The van der Waals surface area contributed by atoms with Crippen molar-refractivity contribution in [3.05, 3.63) is 23.9 Å². The first-order valence-corrected chi connectivity index (χ1v) is 6.16. The average Bonchev–Trinajstić information content (AvgIpc) is 2.84. The Kier molecular flexibility index (Phi) is 3.81. The Balaban J connectivity index is 1.92. The van der Waals surface area contributed by atoms with Gasteiger partial charge >= 0.3 is 0 Å². The summed E-state index contributed by atoms with van der Waals surface area (Å²) < 4.78 is 5.05. The average molecular weight is 249 g/mol. The number of methoxy groups -OCH3 is 1. The summed E-state index contributed by atoms with van der Waals surface area (Å²) in [6.07, 6.45) is 3.61. The second-order valence-electron chi connectivity index (χ2n) is 4.75. The van der Waals surface area contributed by atoms with E-state index in [1.165, 1.54) is 0 Å². The van der Waals surface area contributed by atoms with Gasteiger partial charge in [0.05, 0.1) is 12.6 Å². The standard InChI is InChI=1S/C13H19N3O2/c1-13(5-3-6-16-13)12(17)15-9-10-4-7-14-11(8-10)18-2/h4,7-8,16H,3,5-6,9H2,1-2H3,(H,15,17). The molecule has 2 heterocycles. The zero-order valence-electron chi connectivity index (χ0n) is 10.8. The number of carbonyl (C=O) groups is 1. The summed E-state index contributed by atoms with van der Waals surface area (Å²) in [6.45, 7) is 3.35. The van der Waals surface area contributed by atoms with E-state index < -0.39 is 5.54 Å². The molecule has 0 bridgehead atoms. The minimum atomic E-state index is -0.420. The number of nitrogens with one attached hydrogen (secondary N) is 2. The van der Waals surface area contributed by atoms with E-state index in [1.807, 2.05) is 19.1 Å². The molecular weight excluding hydrogens is 230 g/mol. The van der Waals surface area contributed by atoms with Crippen molar-refractivity contribution in [2.75, 3.05) is 13.7 Å². The molecule has 1 saturated heterocycles. The second-order valence-corrected chi connectivity index (χ2v) is 4.75. The molecule has 1 aromatic heterocycles. The van der Waals surface area contributed by atoms with Gasteiger partial charge < -0.3 is 15.4 Å². The van der Waals surface area contributed by atoms with Crippen LogP contribution >= 0.6 is 0 Å². The third-order valence-corrected chi connectivity index (χ3v) is 3.33. The zero-order chi connectivity index (χ0) is 13.0. The maximum Gasteiger partial charge on any atom is 0.240 e. The molecule has 1 aromatic rings. The maximum atomic E-state index is 12.1. The number of amides is 1. The van der Waals surface area contributed by atoms with Crippen LogP contribution in [0, 0.1) is 0 Å². The Bertz CT molecular complexity index is 428. The van der Waals surface area contributed by atoms with Crippen LogP contribution in [-0.2, 0) is 11.3 Å². The van der Waals surface area contributed by atoms with Crippen molar-refractivity contribution in [2.24, 2.45) is 0 Å². The van der Waals surface area contributed by atoms with Gasteiger partial charge in [-0.15, -0.1) is 0 Å². The second kappa shape index (κ2) is 5.35. The molecule has 0 aromatic carbocycles. The third-order valence-electron chi connectivity index (χ3n) is 3.33. The smallest absolute Gasteiger partial charge is 0.240 e. The highest BCUT2D eigenvalue weighted by Crippen LogP contribution is 2.18. The first kappa shape index (κ1) is 12.8. The van der Waals surface area contributed by atoms with E-state index in [0.29, 0.717) is 12.4 Å². The quantitative estimate of drug-likeness (QED) is 0.830. The van der Waals surface area contributed by atoms with Crippen LogP contribution in [0.25, 0.3) is 0 Å². The lowest BCUT2D eigenvalue weighted by Gasteiger charge is -2.23. The van der Waals surface area contributed by atoms with Crippen LogP contribution in [0.1, 0.15) is 25.3 Å².